The molecule has 1 heterocycles. The summed E-state index contributed by atoms with van der Waals surface area (Å²) in [5, 5.41) is 0. The molecule has 0 saturated heterocycles. The highest BCUT2D eigenvalue weighted by molar-refractivity contribution is 5.57. The number of para-hydroxylation sites is 1. The summed E-state index contributed by atoms with van der Waals surface area (Å²) in [5.41, 5.74) is 2.75. The van der Waals surface area contributed by atoms with E-state index in [1.807, 2.05) is 0 Å². The van der Waals surface area contributed by atoms with Gasteiger partial charge in [-0.1, -0.05) is 44.2 Å². The number of rotatable bonds is 2. The van der Waals surface area contributed by atoms with Crippen molar-refractivity contribution in [3.8, 4) is 0 Å². The molecule has 0 spiro atoms. The number of anilines is 1. The minimum absolute atomic E-state index is 0.668. The molecule has 0 saturated carbocycles. The zero-order valence-corrected chi connectivity index (χ0v) is 10.1. The van der Waals surface area contributed by atoms with Gasteiger partial charge in [0.15, 0.2) is 0 Å². The van der Waals surface area contributed by atoms with Crippen molar-refractivity contribution in [1.82, 2.24) is 0 Å². The van der Waals surface area contributed by atoms with Crippen molar-refractivity contribution in [3.05, 3.63) is 54.3 Å². The van der Waals surface area contributed by atoms with Gasteiger partial charge in [0.2, 0.25) is 0 Å². The first-order chi connectivity index (χ1) is 7.77. The van der Waals surface area contributed by atoms with Crippen molar-refractivity contribution in [3.63, 3.8) is 0 Å². The predicted octanol–water partition coefficient (Wildman–Crippen LogP) is 3.78. The third-order valence-corrected chi connectivity index (χ3v) is 2.71. The molecule has 0 atom stereocenters. The minimum atomic E-state index is 0.668. The minimum Gasteiger partial charge on any atom is -0.347 e. The Morgan fingerprint density at radius 3 is 2.81 bits per heavy atom. The maximum Gasteiger partial charge on any atom is 0.0441 e. The normalized spacial score (nSPS) is 14.8. The molecule has 0 fully saturated rings. The number of hydrogen-bond donors (Lipinski definition) is 0. The van der Waals surface area contributed by atoms with E-state index in [2.05, 4.69) is 67.4 Å². The van der Waals surface area contributed by atoms with Crippen LogP contribution >= 0.6 is 0 Å². The molecule has 84 valence electrons. The van der Waals surface area contributed by atoms with Crippen LogP contribution in [0.15, 0.2) is 48.7 Å². The van der Waals surface area contributed by atoms with Crippen LogP contribution < -0.4 is 4.90 Å². The second-order valence-corrected chi connectivity index (χ2v) is 4.65. The number of nitrogens with zero attached hydrogens (tertiary/aromatic N) is 1. The fraction of sp³-hybridized carbons (Fsp3) is 0.333. The van der Waals surface area contributed by atoms with Crippen molar-refractivity contribution in [1.29, 1.82) is 0 Å². The summed E-state index contributed by atoms with van der Waals surface area (Å²) in [6.45, 7) is 5.58. The van der Waals surface area contributed by atoms with Crippen molar-refractivity contribution >= 4 is 5.69 Å². The van der Waals surface area contributed by atoms with Gasteiger partial charge in [-0.2, -0.15) is 0 Å². The van der Waals surface area contributed by atoms with Crippen molar-refractivity contribution < 1.29 is 0 Å². The lowest BCUT2D eigenvalue weighted by molar-refractivity contribution is 0.648. The van der Waals surface area contributed by atoms with Gasteiger partial charge in [-0.05, 0) is 30.0 Å². The lowest BCUT2D eigenvalue weighted by Gasteiger charge is -2.25. The Morgan fingerprint density at radius 2 is 2.00 bits per heavy atom. The molecule has 1 nitrogen and oxygen atoms in total. The van der Waals surface area contributed by atoms with Crippen LogP contribution in [0.5, 0.6) is 0 Å². The highest BCUT2D eigenvalue weighted by Crippen LogP contribution is 2.23. The molecule has 0 aliphatic carbocycles. The van der Waals surface area contributed by atoms with Crippen LogP contribution in [-0.2, 0) is 6.42 Å². The van der Waals surface area contributed by atoms with Gasteiger partial charge >= 0.3 is 0 Å². The smallest absolute Gasteiger partial charge is 0.0441 e. The van der Waals surface area contributed by atoms with E-state index in [4.69, 9.17) is 0 Å². The first-order valence-corrected chi connectivity index (χ1v) is 5.95. The average molecular weight is 213 g/mol. The van der Waals surface area contributed by atoms with E-state index in [1.54, 1.807) is 0 Å². The highest BCUT2D eigenvalue weighted by Gasteiger charge is 2.09. The van der Waals surface area contributed by atoms with Crippen LogP contribution in [0.25, 0.3) is 0 Å². The third kappa shape index (κ3) is 2.54. The van der Waals surface area contributed by atoms with Gasteiger partial charge in [0, 0.05) is 18.4 Å². The fourth-order valence-corrected chi connectivity index (χ4v) is 2.02. The molecule has 0 unspecified atom stereocenters. The molecule has 0 radical (unpaired) electrons. The van der Waals surface area contributed by atoms with Gasteiger partial charge in [-0.3, -0.25) is 0 Å². The lowest BCUT2D eigenvalue weighted by Crippen LogP contribution is -2.22. The van der Waals surface area contributed by atoms with Gasteiger partial charge in [-0.25, -0.2) is 0 Å². The SMILES string of the molecule is CC(C)CN1C=CC=CCc2ccccc21. The summed E-state index contributed by atoms with van der Waals surface area (Å²) < 4.78 is 0. The molecule has 1 aliphatic rings. The number of fused-ring (bicyclic) bond motifs is 1. The summed E-state index contributed by atoms with van der Waals surface area (Å²) >= 11 is 0. The molecule has 1 aromatic rings. The monoisotopic (exact) mass is 213 g/mol. The van der Waals surface area contributed by atoms with Crippen LogP contribution in [0.2, 0.25) is 0 Å². The van der Waals surface area contributed by atoms with E-state index in [9.17, 15) is 0 Å². The molecule has 0 N–H and O–H groups in total. The number of allylic oxidation sites excluding steroid dienone is 3. The van der Waals surface area contributed by atoms with Crippen molar-refractivity contribution in [2.75, 3.05) is 11.4 Å². The standard InChI is InChI=1S/C15H19N/c1-13(2)12-16-11-7-3-4-8-14-9-5-6-10-15(14)16/h3-7,9-11,13H,8,12H2,1-2H3. The van der Waals surface area contributed by atoms with Crippen LogP contribution in [0.1, 0.15) is 19.4 Å². The van der Waals surface area contributed by atoms with Gasteiger partial charge in [0.05, 0.1) is 0 Å². The van der Waals surface area contributed by atoms with Gasteiger partial charge in [0.1, 0.15) is 0 Å². The molecule has 1 heteroatoms. The first kappa shape index (κ1) is 11.0. The molecular formula is C15H19N. The van der Waals surface area contributed by atoms with E-state index in [1.165, 1.54) is 11.3 Å². The molecule has 2 rings (SSSR count). The molecule has 0 bridgehead atoms. The Hall–Kier alpha value is -1.50. The van der Waals surface area contributed by atoms with E-state index in [0.29, 0.717) is 5.92 Å². The van der Waals surface area contributed by atoms with Crippen LogP contribution in [0.4, 0.5) is 5.69 Å². The maximum atomic E-state index is 2.35. The van der Waals surface area contributed by atoms with E-state index >= 15 is 0 Å². The van der Waals surface area contributed by atoms with Crippen LogP contribution in [0, 0.1) is 5.92 Å². The first-order valence-electron chi connectivity index (χ1n) is 5.95. The number of hydrogen-bond acceptors (Lipinski definition) is 1. The van der Waals surface area contributed by atoms with Gasteiger partial charge in [0.25, 0.3) is 0 Å². The Bertz CT molecular complexity index is 402. The maximum absolute atomic E-state index is 2.35. The molecule has 1 aliphatic heterocycles. The zero-order valence-electron chi connectivity index (χ0n) is 10.1. The van der Waals surface area contributed by atoms with Gasteiger partial charge < -0.3 is 4.90 Å². The van der Waals surface area contributed by atoms with E-state index in [0.717, 1.165) is 13.0 Å². The molecule has 0 amide bonds. The summed E-state index contributed by atoms with van der Waals surface area (Å²) in [5.74, 6) is 0.668. The highest BCUT2D eigenvalue weighted by atomic mass is 15.1. The largest absolute Gasteiger partial charge is 0.347 e. The zero-order chi connectivity index (χ0) is 11.4. The van der Waals surface area contributed by atoms with Gasteiger partial charge in [-0.15, -0.1) is 0 Å². The van der Waals surface area contributed by atoms with Crippen molar-refractivity contribution in [2.45, 2.75) is 20.3 Å². The summed E-state index contributed by atoms with van der Waals surface area (Å²) in [4.78, 5) is 2.35. The summed E-state index contributed by atoms with van der Waals surface area (Å²) in [7, 11) is 0. The second kappa shape index (κ2) is 5.02. The lowest BCUT2D eigenvalue weighted by atomic mass is 10.1. The Kier molecular flexibility index (Phi) is 3.45. The molecule has 16 heavy (non-hydrogen) atoms. The predicted molar refractivity (Wildman–Crippen MR) is 70.6 cm³/mol. The average Bonchev–Trinajstić information content (AvgIpc) is 2.24. The van der Waals surface area contributed by atoms with Crippen LogP contribution in [0.3, 0.4) is 0 Å². The fourth-order valence-electron chi connectivity index (χ4n) is 2.02. The van der Waals surface area contributed by atoms with E-state index < -0.39 is 0 Å². The Balaban J connectivity index is 2.35. The molecular weight excluding hydrogens is 194 g/mol. The molecule has 1 aromatic carbocycles. The quantitative estimate of drug-likeness (QED) is 0.722. The Morgan fingerprint density at radius 1 is 1.19 bits per heavy atom. The second-order valence-electron chi connectivity index (χ2n) is 4.65. The number of benzene rings is 1. The van der Waals surface area contributed by atoms with E-state index in [-0.39, 0.29) is 0 Å². The molecule has 0 aromatic heterocycles. The third-order valence-electron chi connectivity index (χ3n) is 2.71. The Labute approximate surface area is 98.1 Å². The summed E-state index contributed by atoms with van der Waals surface area (Å²) in [6, 6.07) is 8.66. The summed E-state index contributed by atoms with van der Waals surface area (Å²) in [6.07, 6.45) is 9.66. The topological polar surface area (TPSA) is 3.24 Å². The van der Waals surface area contributed by atoms with Crippen LogP contribution in [-0.4, -0.2) is 6.54 Å². The van der Waals surface area contributed by atoms with Crippen molar-refractivity contribution in [2.24, 2.45) is 5.92 Å².